The van der Waals surface area contributed by atoms with E-state index in [0.717, 1.165) is 23.2 Å². The fourth-order valence-corrected chi connectivity index (χ4v) is 1.96. The molecule has 15 heavy (non-hydrogen) atoms. The van der Waals surface area contributed by atoms with E-state index in [0.29, 0.717) is 0 Å². The molecule has 2 rings (SSSR count). The summed E-state index contributed by atoms with van der Waals surface area (Å²) in [5.74, 6) is 0. The summed E-state index contributed by atoms with van der Waals surface area (Å²) in [6, 6.07) is 5.92. The van der Waals surface area contributed by atoms with Crippen molar-refractivity contribution >= 4 is 21.6 Å². The van der Waals surface area contributed by atoms with Crippen LogP contribution in [0.5, 0.6) is 0 Å². The van der Waals surface area contributed by atoms with Crippen molar-refractivity contribution in [3.8, 4) is 0 Å². The van der Waals surface area contributed by atoms with Crippen molar-refractivity contribution in [3.63, 3.8) is 0 Å². The molecule has 1 atom stereocenters. The Morgan fingerprint density at radius 1 is 1.47 bits per heavy atom. The van der Waals surface area contributed by atoms with Crippen LogP contribution in [0, 0.1) is 5.41 Å². The SMILES string of the molecule is CC1(CBr)C=CN=C(c2ccccn2)C1. The van der Waals surface area contributed by atoms with Crippen molar-refractivity contribution in [2.45, 2.75) is 13.3 Å². The van der Waals surface area contributed by atoms with Gasteiger partial charge in [-0.2, -0.15) is 0 Å². The smallest absolute Gasteiger partial charge is 0.0844 e. The molecule has 0 aliphatic carbocycles. The van der Waals surface area contributed by atoms with Gasteiger partial charge in [-0.3, -0.25) is 9.98 Å². The highest BCUT2D eigenvalue weighted by Gasteiger charge is 2.25. The average Bonchev–Trinajstić information content (AvgIpc) is 2.30. The van der Waals surface area contributed by atoms with Gasteiger partial charge in [0.15, 0.2) is 0 Å². The highest BCUT2D eigenvalue weighted by atomic mass is 79.9. The van der Waals surface area contributed by atoms with E-state index in [-0.39, 0.29) is 5.41 Å². The molecule has 0 N–H and O–H groups in total. The minimum atomic E-state index is 0.161. The Kier molecular flexibility index (Phi) is 3.00. The van der Waals surface area contributed by atoms with E-state index in [1.165, 1.54) is 0 Å². The van der Waals surface area contributed by atoms with Crippen LogP contribution in [-0.4, -0.2) is 16.0 Å². The van der Waals surface area contributed by atoms with Gasteiger partial charge in [0.1, 0.15) is 0 Å². The summed E-state index contributed by atoms with van der Waals surface area (Å²) in [6.07, 6.45) is 6.77. The normalized spacial score (nSPS) is 25.1. The van der Waals surface area contributed by atoms with Gasteiger partial charge in [0.2, 0.25) is 0 Å². The second-order valence-electron chi connectivity index (χ2n) is 4.07. The number of pyridine rings is 1. The van der Waals surface area contributed by atoms with Crippen LogP contribution in [0.1, 0.15) is 19.0 Å². The Morgan fingerprint density at radius 2 is 2.33 bits per heavy atom. The van der Waals surface area contributed by atoms with Crippen LogP contribution in [0.2, 0.25) is 0 Å². The fourth-order valence-electron chi connectivity index (χ4n) is 1.58. The number of allylic oxidation sites excluding steroid dienone is 1. The lowest BCUT2D eigenvalue weighted by atomic mass is 9.84. The maximum absolute atomic E-state index is 4.40. The molecule has 2 nitrogen and oxygen atoms in total. The van der Waals surface area contributed by atoms with E-state index in [2.05, 4.69) is 38.9 Å². The van der Waals surface area contributed by atoms with Crippen molar-refractivity contribution in [1.82, 2.24) is 4.98 Å². The first-order valence-electron chi connectivity index (χ1n) is 4.95. The summed E-state index contributed by atoms with van der Waals surface area (Å²) < 4.78 is 0. The number of alkyl halides is 1. The number of aromatic nitrogens is 1. The third-order valence-electron chi connectivity index (χ3n) is 2.54. The van der Waals surface area contributed by atoms with E-state index in [1.807, 2.05) is 30.6 Å². The number of hydrogen-bond acceptors (Lipinski definition) is 2. The number of nitrogens with zero attached hydrogens (tertiary/aromatic N) is 2. The molecule has 0 spiro atoms. The molecule has 1 aromatic rings. The molecule has 78 valence electrons. The lowest BCUT2D eigenvalue weighted by Crippen LogP contribution is -2.23. The van der Waals surface area contributed by atoms with Gasteiger partial charge in [-0.05, 0) is 12.1 Å². The first-order valence-corrected chi connectivity index (χ1v) is 6.07. The monoisotopic (exact) mass is 264 g/mol. The van der Waals surface area contributed by atoms with E-state index in [4.69, 9.17) is 0 Å². The summed E-state index contributed by atoms with van der Waals surface area (Å²) in [6.45, 7) is 2.22. The van der Waals surface area contributed by atoms with Gasteiger partial charge in [-0.15, -0.1) is 0 Å². The molecule has 1 unspecified atom stereocenters. The van der Waals surface area contributed by atoms with Gasteiger partial charge in [0.05, 0.1) is 11.4 Å². The summed E-state index contributed by atoms with van der Waals surface area (Å²) in [5, 5.41) is 0.947. The van der Waals surface area contributed by atoms with Gasteiger partial charge < -0.3 is 0 Å². The third kappa shape index (κ3) is 2.34. The van der Waals surface area contributed by atoms with Crippen LogP contribution < -0.4 is 0 Å². The second kappa shape index (κ2) is 4.27. The quantitative estimate of drug-likeness (QED) is 0.754. The van der Waals surface area contributed by atoms with Crippen LogP contribution >= 0.6 is 15.9 Å². The van der Waals surface area contributed by atoms with E-state index in [1.54, 1.807) is 0 Å². The summed E-state index contributed by atoms with van der Waals surface area (Å²) in [5.41, 5.74) is 2.21. The van der Waals surface area contributed by atoms with Gasteiger partial charge in [-0.1, -0.05) is 35.0 Å². The van der Waals surface area contributed by atoms with Crippen molar-refractivity contribution in [2.24, 2.45) is 10.4 Å². The molecule has 0 aromatic carbocycles. The summed E-state index contributed by atoms with van der Waals surface area (Å²) >= 11 is 3.54. The minimum Gasteiger partial charge on any atom is -0.259 e. The van der Waals surface area contributed by atoms with Crippen molar-refractivity contribution in [2.75, 3.05) is 5.33 Å². The van der Waals surface area contributed by atoms with Crippen LogP contribution in [-0.2, 0) is 0 Å². The molecule has 0 bridgehead atoms. The second-order valence-corrected chi connectivity index (χ2v) is 4.63. The molecule has 1 aromatic heterocycles. The zero-order chi connectivity index (χ0) is 10.7. The maximum Gasteiger partial charge on any atom is 0.0844 e. The highest BCUT2D eigenvalue weighted by molar-refractivity contribution is 9.09. The number of hydrogen-bond donors (Lipinski definition) is 0. The van der Waals surface area contributed by atoms with Gasteiger partial charge >= 0.3 is 0 Å². The first kappa shape index (κ1) is 10.6. The molecule has 3 heteroatoms. The molecule has 0 fully saturated rings. The lowest BCUT2D eigenvalue weighted by Gasteiger charge is -2.26. The minimum absolute atomic E-state index is 0.161. The van der Waals surface area contributed by atoms with Crippen LogP contribution in [0.15, 0.2) is 41.7 Å². The third-order valence-corrected chi connectivity index (χ3v) is 3.83. The zero-order valence-corrected chi connectivity index (χ0v) is 10.2. The Bertz CT molecular complexity index is 397. The van der Waals surface area contributed by atoms with Crippen LogP contribution in [0.25, 0.3) is 0 Å². The summed E-state index contributed by atoms with van der Waals surface area (Å²) in [7, 11) is 0. The largest absolute Gasteiger partial charge is 0.259 e. The van der Waals surface area contributed by atoms with E-state index >= 15 is 0 Å². The molecule has 2 heterocycles. The maximum atomic E-state index is 4.40. The van der Waals surface area contributed by atoms with Crippen LogP contribution in [0.4, 0.5) is 0 Å². The number of halogens is 1. The topological polar surface area (TPSA) is 25.2 Å². The highest BCUT2D eigenvalue weighted by Crippen LogP contribution is 2.30. The van der Waals surface area contributed by atoms with E-state index < -0.39 is 0 Å². The molecule has 0 saturated heterocycles. The molecular formula is C12H13BrN2. The standard InChI is InChI=1S/C12H13BrN2/c1-12(9-13)5-7-15-11(8-12)10-4-2-3-6-14-10/h2-7H,8-9H2,1H3. The summed E-state index contributed by atoms with van der Waals surface area (Å²) in [4.78, 5) is 8.72. The Balaban J connectivity index is 2.26. The predicted octanol–water partition coefficient (Wildman–Crippen LogP) is 3.19. The van der Waals surface area contributed by atoms with Gasteiger partial charge in [0, 0.05) is 29.6 Å². The van der Waals surface area contributed by atoms with Crippen molar-refractivity contribution in [1.29, 1.82) is 0 Å². The Morgan fingerprint density at radius 3 is 3.00 bits per heavy atom. The Labute approximate surface area is 98.3 Å². The average molecular weight is 265 g/mol. The Hall–Kier alpha value is -0.960. The van der Waals surface area contributed by atoms with Crippen molar-refractivity contribution < 1.29 is 0 Å². The predicted molar refractivity (Wildman–Crippen MR) is 66.4 cm³/mol. The molecule has 0 radical (unpaired) electrons. The van der Waals surface area contributed by atoms with Crippen LogP contribution in [0.3, 0.4) is 0 Å². The van der Waals surface area contributed by atoms with E-state index in [9.17, 15) is 0 Å². The molecule has 0 saturated carbocycles. The first-order chi connectivity index (χ1) is 7.23. The fraction of sp³-hybridized carbons (Fsp3) is 0.333. The molecular weight excluding hydrogens is 252 g/mol. The number of rotatable bonds is 2. The molecule has 1 aliphatic heterocycles. The zero-order valence-electron chi connectivity index (χ0n) is 8.65. The van der Waals surface area contributed by atoms with Crippen molar-refractivity contribution in [3.05, 3.63) is 42.4 Å². The lowest BCUT2D eigenvalue weighted by molar-refractivity contribution is 0.512. The van der Waals surface area contributed by atoms with Gasteiger partial charge in [-0.25, -0.2) is 0 Å². The molecule has 1 aliphatic rings. The molecule has 0 amide bonds. The van der Waals surface area contributed by atoms with Gasteiger partial charge in [0.25, 0.3) is 0 Å². The number of aliphatic imine (C=N–C) groups is 1.